The van der Waals surface area contributed by atoms with Crippen LogP contribution >= 0.6 is 11.3 Å². The summed E-state index contributed by atoms with van der Waals surface area (Å²) in [6, 6.07) is 3.82. The molecule has 1 aromatic rings. The van der Waals surface area contributed by atoms with Crippen LogP contribution in [-0.2, 0) is 0 Å². The lowest BCUT2D eigenvalue weighted by atomic mass is 9.89. The van der Waals surface area contributed by atoms with Crippen LogP contribution in [0.2, 0.25) is 0 Å². The summed E-state index contributed by atoms with van der Waals surface area (Å²) in [6.07, 6.45) is 5.58. The zero-order valence-corrected chi connectivity index (χ0v) is 10.1. The van der Waals surface area contributed by atoms with Gasteiger partial charge in [-0.1, -0.05) is 12.5 Å². The van der Waals surface area contributed by atoms with Crippen molar-refractivity contribution in [2.24, 2.45) is 17.8 Å². The third-order valence-electron chi connectivity index (χ3n) is 4.15. The van der Waals surface area contributed by atoms with Crippen LogP contribution in [0.15, 0.2) is 17.5 Å². The Bertz CT molecular complexity index is 373. The average molecular weight is 235 g/mol. The van der Waals surface area contributed by atoms with Gasteiger partial charge in [0.05, 0.1) is 4.88 Å². The van der Waals surface area contributed by atoms with Crippen LogP contribution in [0.25, 0.3) is 0 Å². The molecule has 0 aromatic carbocycles. The number of carbonyl (C=O) groups is 1. The van der Waals surface area contributed by atoms with Crippen LogP contribution in [0, 0.1) is 17.8 Å². The highest BCUT2D eigenvalue weighted by Crippen LogP contribution is 2.47. The maximum absolute atomic E-state index is 11.8. The van der Waals surface area contributed by atoms with E-state index in [2.05, 4.69) is 5.32 Å². The van der Waals surface area contributed by atoms with E-state index in [1.165, 1.54) is 37.0 Å². The van der Waals surface area contributed by atoms with Gasteiger partial charge in [-0.2, -0.15) is 0 Å². The highest BCUT2D eigenvalue weighted by molar-refractivity contribution is 7.12. The van der Waals surface area contributed by atoms with Crippen LogP contribution in [0.3, 0.4) is 0 Å². The fourth-order valence-electron chi connectivity index (χ4n) is 3.35. The number of amides is 1. The van der Waals surface area contributed by atoms with E-state index in [9.17, 15) is 4.79 Å². The summed E-state index contributed by atoms with van der Waals surface area (Å²) in [5, 5.41) is 5.03. The molecule has 1 amide bonds. The molecule has 0 spiro atoms. The first kappa shape index (κ1) is 10.3. The van der Waals surface area contributed by atoms with E-state index < -0.39 is 0 Å². The van der Waals surface area contributed by atoms with Crippen molar-refractivity contribution in [3.05, 3.63) is 22.4 Å². The largest absolute Gasteiger partial charge is 0.351 e. The molecule has 2 fully saturated rings. The lowest BCUT2D eigenvalue weighted by molar-refractivity contribution is 0.0946. The molecule has 1 aromatic heterocycles. The molecular weight excluding hydrogens is 218 g/mol. The van der Waals surface area contributed by atoms with E-state index >= 15 is 0 Å². The van der Waals surface area contributed by atoms with Gasteiger partial charge in [0.15, 0.2) is 0 Å². The van der Waals surface area contributed by atoms with Gasteiger partial charge in [-0.25, -0.2) is 0 Å². The number of carbonyl (C=O) groups excluding carboxylic acids is 1. The topological polar surface area (TPSA) is 29.1 Å². The molecule has 1 heterocycles. The summed E-state index contributed by atoms with van der Waals surface area (Å²) in [5.41, 5.74) is 0. The molecule has 3 atom stereocenters. The fourth-order valence-corrected chi connectivity index (χ4v) is 3.99. The van der Waals surface area contributed by atoms with Gasteiger partial charge in [-0.3, -0.25) is 4.79 Å². The highest BCUT2D eigenvalue weighted by atomic mass is 32.1. The van der Waals surface area contributed by atoms with Gasteiger partial charge < -0.3 is 5.32 Å². The van der Waals surface area contributed by atoms with Crippen molar-refractivity contribution >= 4 is 17.2 Å². The quantitative estimate of drug-likeness (QED) is 0.857. The van der Waals surface area contributed by atoms with Crippen LogP contribution in [0.5, 0.6) is 0 Å². The Hall–Kier alpha value is -0.830. The van der Waals surface area contributed by atoms with E-state index in [-0.39, 0.29) is 5.91 Å². The first-order valence-corrected chi connectivity index (χ1v) is 7.02. The average Bonchev–Trinajstić information content (AvgIpc) is 3.01. The number of fused-ring (bicyclic) bond motifs is 2. The molecule has 2 saturated carbocycles. The number of hydrogen-bond donors (Lipinski definition) is 1. The van der Waals surface area contributed by atoms with E-state index in [0.29, 0.717) is 0 Å². The number of rotatable bonds is 3. The Labute approximate surface area is 100 Å². The smallest absolute Gasteiger partial charge is 0.261 e. The standard InChI is InChI=1S/C13H17NOS/c15-13(12-2-1-5-16-12)14-8-11-7-9-3-4-10(11)6-9/h1-2,5,9-11H,3-4,6-8H2,(H,14,15)/t9-,10-,11-/m1/s1. The van der Waals surface area contributed by atoms with Gasteiger partial charge in [-0.05, 0) is 48.5 Å². The van der Waals surface area contributed by atoms with Crippen LogP contribution < -0.4 is 5.32 Å². The van der Waals surface area contributed by atoms with Gasteiger partial charge in [0, 0.05) is 6.54 Å². The Morgan fingerprint density at radius 1 is 1.44 bits per heavy atom. The van der Waals surface area contributed by atoms with Crippen molar-refractivity contribution in [3.63, 3.8) is 0 Å². The molecule has 16 heavy (non-hydrogen) atoms. The number of nitrogens with one attached hydrogen (secondary N) is 1. The third kappa shape index (κ3) is 1.88. The summed E-state index contributed by atoms with van der Waals surface area (Å²) in [6.45, 7) is 0.887. The van der Waals surface area contributed by atoms with Crippen LogP contribution in [-0.4, -0.2) is 12.5 Å². The highest BCUT2D eigenvalue weighted by Gasteiger charge is 2.39. The van der Waals surface area contributed by atoms with Gasteiger partial charge >= 0.3 is 0 Å². The summed E-state index contributed by atoms with van der Waals surface area (Å²) in [7, 11) is 0. The Morgan fingerprint density at radius 3 is 3.00 bits per heavy atom. The molecule has 2 bridgehead atoms. The van der Waals surface area contributed by atoms with Gasteiger partial charge in [-0.15, -0.1) is 11.3 Å². The Kier molecular flexibility index (Phi) is 2.72. The normalized spacial score (nSPS) is 31.9. The minimum Gasteiger partial charge on any atom is -0.351 e. The zero-order chi connectivity index (χ0) is 11.0. The second-order valence-corrected chi connectivity index (χ2v) is 6.07. The molecule has 3 rings (SSSR count). The second-order valence-electron chi connectivity index (χ2n) is 5.12. The summed E-state index contributed by atoms with van der Waals surface area (Å²) in [5.74, 6) is 2.72. The van der Waals surface area contributed by atoms with Crippen LogP contribution in [0.4, 0.5) is 0 Å². The number of thiophene rings is 1. The minimum absolute atomic E-state index is 0.109. The molecule has 0 saturated heterocycles. The maximum Gasteiger partial charge on any atom is 0.261 e. The van der Waals surface area contributed by atoms with E-state index in [4.69, 9.17) is 0 Å². The van der Waals surface area contributed by atoms with Crippen molar-refractivity contribution in [2.45, 2.75) is 25.7 Å². The molecular formula is C13H17NOS. The summed E-state index contributed by atoms with van der Waals surface area (Å²) < 4.78 is 0. The predicted molar refractivity (Wildman–Crippen MR) is 65.6 cm³/mol. The molecule has 0 radical (unpaired) electrons. The second kappa shape index (κ2) is 4.21. The maximum atomic E-state index is 11.8. The van der Waals surface area contributed by atoms with Crippen molar-refractivity contribution in [3.8, 4) is 0 Å². The summed E-state index contributed by atoms with van der Waals surface area (Å²) in [4.78, 5) is 12.6. The molecule has 86 valence electrons. The lowest BCUT2D eigenvalue weighted by Crippen LogP contribution is -2.31. The molecule has 2 aliphatic carbocycles. The van der Waals surface area contributed by atoms with Crippen molar-refractivity contribution in [2.75, 3.05) is 6.54 Å². The molecule has 2 nitrogen and oxygen atoms in total. The van der Waals surface area contributed by atoms with Crippen LogP contribution in [0.1, 0.15) is 35.4 Å². The predicted octanol–water partition coefficient (Wildman–Crippen LogP) is 2.91. The molecule has 3 heteroatoms. The molecule has 1 N–H and O–H groups in total. The van der Waals surface area contributed by atoms with E-state index in [0.717, 1.165) is 29.2 Å². The van der Waals surface area contributed by atoms with E-state index in [1.807, 2.05) is 17.5 Å². The Balaban J connectivity index is 1.52. The molecule has 0 unspecified atom stereocenters. The van der Waals surface area contributed by atoms with E-state index in [1.54, 1.807) is 0 Å². The lowest BCUT2D eigenvalue weighted by Gasteiger charge is -2.21. The van der Waals surface area contributed by atoms with Crippen molar-refractivity contribution in [1.82, 2.24) is 5.32 Å². The minimum atomic E-state index is 0.109. The monoisotopic (exact) mass is 235 g/mol. The van der Waals surface area contributed by atoms with Gasteiger partial charge in [0.25, 0.3) is 5.91 Å². The first-order chi connectivity index (χ1) is 7.83. The Morgan fingerprint density at radius 2 is 2.38 bits per heavy atom. The SMILES string of the molecule is O=C(NC[C@H]1C[C@@H]2CC[C@@H]1C2)c1cccs1. The van der Waals surface area contributed by atoms with Crippen molar-refractivity contribution in [1.29, 1.82) is 0 Å². The van der Waals surface area contributed by atoms with Gasteiger partial charge in [0.1, 0.15) is 0 Å². The van der Waals surface area contributed by atoms with Crippen molar-refractivity contribution < 1.29 is 4.79 Å². The summed E-state index contributed by atoms with van der Waals surface area (Å²) >= 11 is 1.52. The number of hydrogen-bond acceptors (Lipinski definition) is 2. The van der Waals surface area contributed by atoms with Gasteiger partial charge in [0.2, 0.25) is 0 Å². The fraction of sp³-hybridized carbons (Fsp3) is 0.615. The third-order valence-corrected chi connectivity index (χ3v) is 5.02. The molecule has 0 aliphatic heterocycles. The first-order valence-electron chi connectivity index (χ1n) is 6.14. The molecule has 2 aliphatic rings. The zero-order valence-electron chi connectivity index (χ0n) is 9.32.